The Labute approximate surface area is 171 Å². The van der Waals surface area contributed by atoms with E-state index in [4.69, 9.17) is 14.7 Å². The first-order chi connectivity index (χ1) is 14.3. The number of rotatable bonds is 5. The van der Waals surface area contributed by atoms with E-state index in [2.05, 4.69) is 38.0 Å². The molecule has 2 aliphatic heterocycles. The van der Waals surface area contributed by atoms with Gasteiger partial charge in [0.25, 0.3) is 0 Å². The molecule has 2 saturated heterocycles. The van der Waals surface area contributed by atoms with E-state index in [9.17, 15) is 0 Å². The Morgan fingerprint density at radius 2 is 1.97 bits per heavy atom. The average Bonchev–Trinajstić information content (AvgIpc) is 3.17. The topological polar surface area (TPSA) is 70.2 Å². The fourth-order valence-corrected chi connectivity index (χ4v) is 4.45. The molecule has 2 aliphatic rings. The van der Waals surface area contributed by atoms with Gasteiger partial charge in [0, 0.05) is 38.8 Å². The number of hydrogen-bond acceptors (Lipinski definition) is 6. The normalized spacial score (nSPS) is 21.0. The van der Waals surface area contributed by atoms with Crippen molar-refractivity contribution in [1.29, 1.82) is 0 Å². The van der Waals surface area contributed by atoms with E-state index in [-0.39, 0.29) is 0 Å². The molecule has 0 bridgehead atoms. The van der Waals surface area contributed by atoms with Gasteiger partial charge in [-0.3, -0.25) is 4.90 Å². The molecule has 1 atom stereocenters. The van der Waals surface area contributed by atoms with Crippen LogP contribution in [0.2, 0.25) is 0 Å². The summed E-state index contributed by atoms with van der Waals surface area (Å²) in [4.78, 5) is 22.3. The Morgan fingerprint density at radius 1 is 1.07 bits per heavy atom. The maximum Gasteiger partial charge on any atom is 0.225 e. The Hall–Kier alpha value is -2.51. The van der Waals surface area contributed by atoms with Crippen LogP contribution in [0.25, 0.3) is 11.0 Å². The van der Waals surface area contributed by atoms with E-state index in [0.29, 0.717) is 5.92 Å². The number of para-hydroxylation sites is 2. The number of nitrogens with one attached hydrogen (secondary N) is 1. The second-order valence-electron chi connectivity index (χ2n) is 8.10. The highest BCUT2D eigenvalue weighted by molar-refractivity contribution is 5.74. The molecular formula is C22H28N6O. The van der Waals surface area contributed by atoms with E-state index in [1.54, 1.807) is 0 Å². The summed E-state index contributed by atoms with van der Waals surface area (Å²) in [5.74, 6) is 2.57. The van der Waals surface area contributed by atoms with Crippen molar-refractivity contribution in [2.75, 3.05) is 44.3 Å². The molecular weight excluding hydrogens is 364 g/mol. The van der Waals surface area contributed by atoms with Gasteiger partial charge < -0.3 is 14.6 Å². The highest BCUT2D eigenvalue weighted by Crippen LogP contribution is 2.22. The van der Waals surface area contributed by atoms with Crippen LogP contribution in [-0.2, 0) is 17.7 Å². The van der Waals surface area contributed by atoms with Gasteiger partial charge in [-0.2, -0.15) is 0 Å². The summed E-state index contributed by atoms with van der Waals surface area (Å²) in [6.07, 6.45) is 5.39. The number of hydrogen-bond donors (Lipinski definition) is 1. The van der Waals surface area contributed by atoms with Crippen LogP contribution in [0.1, 0.15) is 24.4 Å². The number of piperidine rings is 1. The zero-order chi connectivity index (χ0) is 19.5. The van der Waals surface area contributed by atoms with E-state index < -0.39 is 0 Å². The molecule has 0 unspecified atom stereocenters. The van der Waals surface area contributed by atoms with Crippen LogP contribution in [0.15, 0.2) is 36.5 Å². The van der Waals surface area contributed by atoms with Gasteiger partial charge in [0.05, 0.1) is 29.9 Å². The molecule has 7 heteroatoms. The number of imidazole rings is 1. The van der Waals surface area contributed by atoms with Crippen LogP contribution in [0.5, 0.6) is 0 Å². The number of H-pyrrole nitrogens is 1. The molecule has 0 saturated carbocycles. The molecule has 1 aromatic carbocycles. The van der Waals surface area contributed by atoms with Gasteiger partial charge in [0.1, 0.15) is 5.82 Å². The van der Waals surface area contributed by atoms with Crippen LogP contribution in [0.3, 0.4) is 0 Å². The van der Waals surface area contributed by atoms with Crippen LogP contribution in [-0.4, -0.2) is 64.2 Å². The molecule has 3 aromatic rings. The van der Waals surface area contributed by atoms with Crippen molar-refractivity contribution in [2.24, 2.45) is 5.92 Å². The molecule has 4 heterocycles. The molecule has 152 valence electrons. The molecule has 7 nitrogen and oxygen atoms in total. The summed E-state index contributed by atoms with van der Waals surface area (Å²) >= 11 is 0. The molecule has 2 aromatic heterocycles. The minimum absolute atomic E-state index is 0.630. The lowest BCUT2D eigenvalue weighted by atomic mass is 9.94. The number of aromatic nitrogens is 4. The molecule has 1 N–H and O–H groups in total. The number of ether oxygens (including phenoxy) is 1. The minimum atomic E-state index is 0.630. The molecule has 0 spiro atoms. The van der Waals surface area contributed by atoms with Gasteiger partial charge >= 0.3 is 0 Å². The second-order valence-corrected chi connectivity index (χ2v) is 8.10. The fourth-order valence-electron chi connectivity index (χ4n) is 4.45. The summed E-state index contributed by atoms with van der Waals surface area (Å²) in [5.41, 5.74) is 3.30. The van der Waals surface area contributed by atoms with Crippen molar-refractivity contribution in [3.8, 4) is 0 Å². The molecule has 2 fully saturated rings. The number of anilines is 1. The molecule has 0 aliphatic carbocycles. The van der Waals surface area contributed by atoms with Crippen molar-refractivity contribution in [3.05, 3.63) is 48.0 Å². The number of nitrogens with zero attached hydrogens (tertiary/aromatic N) is 5. The first kappa shape index (κ1) is 18.5. The largest absolute Gasteiger partial charge is 0.378 e. The van der Waals surface area contributed by atoms with Crippen LogP contribution >= 0.6 is 0 Å². The highest BCUT2D eigenvalue weighted by atomic mass is 16.5. The number of benzene rings is 1. The molecule has 0 radical (unpaired) electrons. The van der Waals surface area contributed by atoms with Gasteiger partial charge in [-0.1, -0.05) is 12.1 Å². The highest BCUT2D eigenvalue weighted by Gasteiger charge is 2.22. The van der Waals surface area contributed by atoms with E-state index >= 15 is 0 Å². The number of fused-ring (bicyclic) bond motifs is 1. The third-order valence-corrected chi connectivity index (χ3v) is 5.90. The van der Waals surface area contributed by atoms with Gasteiger partial charge in [0.15, 0.2) is 0 Å². The van der Waals surface area contributed by atoms with Crippen LogP contribution in [0, 0.1) is 5.92 Å². The van der Waals surface area contributed by atoms with Gasteiger partial charge in [-0.25, -0.2) is 15.0 Å². The summed E-state index contributed by atoms with van der Waals surface area (Å²) < 4.78 is 5.44. The molecule has 5 rings (SSSR count). The number of morpholine rings is 1. The lowest BCUT2D eigenvalue weighted by Gasteiger charge is -2.32. The van der Waals surface area contributed by atoms with E-state index in [0.717, 1.165) is 80.9 Å². The quantitative estimate of drug-likeness (QED) is 0.720. The summed E-state index contributed by atoms with van der Waals surface area (Å²) in [5, 5.41) is 0. The van der Waals surface area contributed by atoms with Crippen LogP contribution in [0.4, 0.5) is 5.95 Å². The van der Waals surface area contributed by atoms with Crippen molar-refractivity contribution in [2.45, 2.75) is 25.8 Å². The third kappa shape index (κ3) is 4.41. The smallest absolute Gasteiger partial charge is 0.225 e. The third-order valence-electron chi connectivity index (χ3n) is 5.90. The predicted molar refractivity (Wildman–Crippen MR) is 113 cm³/mol. The summed E-state index contributed by atoms with van der Waals surface area (Å²) in [6.45, 7) is 6.35. The monoisotopic (exact) mass is 392 g/mol. The Morgan fingerprint density at radius 3 is 2.86 bits per heavy atom. The van der Waals surface area contributed by atoms with Gasteiger partial charge in [-0.05, 0) is 43.5 Å². The maximum absolute atomic E-state index is 5.44. The Kier molecular flexibility index (Phi) is 5.41. The molecule has 29 heavy (non-hydrogen) atoms. The van der Waals surface area contributed by atoms with Crippen molar-refractivity contribution < 1.29 is 4.74 Å². The molecule has 0 amide bonds. The summed E-state index contributed by atoms with van der Waals surface area (Å²) in [6, 6.07) is 10.3. The SMILES string of the molecule is c1ccc2[nH]c(C[C@H]3CCCN(Cc4ccnc(N5CCOCC5)n4)C3)nc2c1. The Bertz CT molecular complexity index is 918. The van der Waals surface area contributed by atoms with Crippen LogP contribution < -0.4 is 4.90 Å². The maximum atomic E-state index is 5.44. The average molecular weight is 393 g/mol. The van der Waals surface area contributed by atoms with Crippen molar-refractivity contribution in [1.82, 2.24) is 24.8 Å². The second kappa shape index (κ2) is 8.47. The predicted octanol–water partition coefficient (Wildman–Crippen LogP) is 2.64. The van der Waals surface area contributed by atoms with E-state index in [1.807, 2.05) is 18.3 Å². The van der Waals surface area contributed by atoms with E-state index in [1.165, 1.54) is 12.8 Å². The first-order valence-corrected chi connectivity index (χ1v) is 10.6. The van der Waals surface area contributed by atoms with Gasteiger partial charge in [-0.15, -0.1) is 0 Å². The fraction of sp³-hybridized carbons (Fsp3) is 0.500. The first-order valence-electron chi connectivity index (χ1n) is 10.6. The standard InChI is InChI=1S/C22H28N6O/c1-2-6-20-19(5-1)25-21(26-20)14-17-4-3-9-27(15-17)16-18-7-8-23-22(24-18)28-10-12-29-13-11-28/h1-2,5-8,17H,3-4,9-16H2,(H,25,26)/t17-/m1/s1. The summed E-state index contributed by atoms with van der Waals surface area (Å²) in [7, 11) is 0. The lowest BCUT2D eigenvalue weighted by Crippen LogP contribution is -2.38. The number of aromatic amines is 1. The zero-order valence-electron chi connectivity index (χ0n) is 16.8. The lowest BCUT2D eigenvalue weighted by molar-refractivity contribution is 0.122. The number of likely N-dealkylation sites (tertiary alicyclic amines) is 1. The van der Waals surface area contributed by atoms with Gasteiger partial charge in [0.2, 0.25) is 5.95 Å². The van der Waals surface area contributed by atoms with Crippen molar-refractivity contribution in [3.63, 3.8) is 0 Å². The Balaban J connectivity index is 1.22. The minimum Gasteiger partial charge on any atom is -0.378 e. The zero-order valence-corrected chi connectivity index (χ0v) is 16.8. The van der Waals surface area contributed by atoms with Crippen molar-refractivity contribution >= 4 is 17.0 Å².